The predicted octanol–water partition coefficient (Wildman–Crippen LogP) is 4.12. The molecule has 1 aliphatic heterocycles. The summed E-state index contributed by atoms with van der Waals surface area (Å²) in [7, 11) is 0. The van der Waals surface area contributed by atoms with E-state index in [0.29, 0.717) is 5.69 Å². The topological polar surface area (TPSA) is 92.5 Å². The fraction of sp³-hybridized carbons (Fsp3) is 0.211. The van der Waals surface area contributed by atoms with Gasteiger partial charge >= 0.3 is 5.97 Å². The van der Waals surface area contributed by atoms with Crippen molar-refractivity contribution in [3.8, 4) is 0 Å². The number of nitro groups is 1. The molecule has 0 bridgehead atoms. The molecule has 2 N–H and O–H groups in total. The minimum atomic E-state index is -0.966. The minimum absolute atomic E-state index is 0.0484. The van der Waals surface area contributed by atoms with E-state index >= 15 is 0 Å². The second kappa shape index (κ2) is 5.73. The maximum absolute atomic E-state index is 11.6. The van der Waals surface area contributed by atoms with E-state index in [2.05, 4.69) is 17.5 Å². The number of allylic oxidation sites excluding steroid dienone is 2. The molecule has 2 aromatic rings. The van der Waals surface area contributed by atoms with Gasteiger partial charge in [-0.15, -0.1) is 0 Å². The van der Waals surface area contributed by atoms with E-state index in [1.807, 2.05) is 6.07 Å². The summed E-state index contributed by atoms with van der Waals surface area (Å²) < 4.78 is 0. The lowest BCUT2D eigenvalue weighted by molar-refractivity contribution is -0.384. The monoisotopic (exact) mass is 336 g/mol. The number of benzene rings is 2. The Morgan fingerprint density at radius 3 is 2.64 bits per heavy atom. The highest BCUT2D eigenvalue weighted by atomic mass is 16.6. The van der Waals surface area contributed by atoms with Gasteiger partial charge in [-0.05, 0) is 29.5 Å². The third-order valence-corrected chi connectivity index (χ3v) is 5.09. The average molecular weight is 336 g/mol. The van der Waals surface area contributed by atoms with Gasteiger partial charge in [0.05, 0.1) is 22.2 Å². The van der Waals surface area contributed by atoms with Gasteiger partial charge in [0.25, 0.3) is 5.69 Å². The van der Waals surface area contributed by atoms with Crippen molar-refractivity contribution < 1.29 is 14.8 Å². The first kappa shape index (κ1) is 15.4. The van der Waals surface area contributed by atoms with Crippen molar-refractivity contribution >= 4 is 17.3 Å². The summed E-state index contributed by atoms with van der Waals surface area (Å²) in [5.74, 6) is -0.555. The van der Waals surface area contributed by atoms with Gasteiger partial charge < -0.3 is 10.4 Å². The molecule has 0 amide bonds. The summed E-state index contributed by atoms with van der Waals surface area (Å²) in [6.07, 6.45) is 5.14. The zero-order chi connectivity index (χ0) is 17.6. The molecule has 2 aliphatic rings. The van der Waals surface area contributed by atoms with E-state index < -0.39 is 10.9 Å². The van der Waals surface area contributed by atoms with E-state index in [0.717, 1.165) is 17.5 Å². The molecule has 1 heterocycles. The van der Waals surface area contributed by atoms with Crippen molar-refractivity contribution in [2.75, 3.05) is 5.32 Å². The predicted molar refractivity (Wildman–Crippen MR) is 92.8 cm³/mol. The van der Waals surface area contributed by atoms with Gasteiger partial charge in [0.15, 0.2) is 0 Å². The lowest BCUT2D eigenvalue weighted by Gasteiger charge is -2.38. The van der Waals surface area contributed by atoms with Crippen LogP contribution >= 0.6 is 0 Å². The van der Waals surface area contributed by atoms with Gasteiger partial charge in [0, 0.05) is 18.1 Å². The first-order chi connectivity index (χ1) is 12.1. The Bertz CT molecular complexity index is 889. The lowest BCUT2D eigenvalue weighted by atomic mass is 9.76. The highest BCUT2D eigenvalue weighted by Crippen LogP contribution is 2.50. The molecule has 126 valence electrons. The molecule has 0 radical (unpaired) electrons. The number of rotatable bonds is 3. The molecule has 0 fully saturated rings. The van der Waals surface area contributed by atoms with Crippen LogP contribution in [0.4, 0.5) is 11.4 Å². The number of non-ortho nitro benzene ring substituents is 1. The second-order valence-corrected chi connectivity index (χ2v) is 6.40. The van der Waals surface area contributed by atoms with Crippen LogP contribution in [0.1, 0.15) is 39.9 Å². The second-order valence-electron chi connectivity index (χ2n) is 6.40. The van der Waals surface area contributed by atoms with Gasteiger partial charge in [-0.25, -0.2) is 4.79 Å². The molecule has 6 heteroatoms. The zero-order valence-corrected chi connectivity index (χ0v) is 13.3. The van der Waals surface area contributed by atoms with Crippen molar-refractivity contribution in [1.82, 2.24) is 0 Å². The number of para-hydroxylation sites is 1. The Morgan fingerprint density at radius 1 is 1.20 bits per heavy atom. The summed E-state index contributed by atoms with van der Waals surface area (Å²) >= 11 is 0. The van der Waals surface area contributed by atoms with Crippen LogP contribution in [-0.4, -0.2) is 16.0 Å². The molecule has 0 saturated heterocycles. The van der Waals surface area contributed by atoms with E-state index in [9.17, 15) is 20.0 Å². The lowest BCUT2D eigenvalue weighted by Crippen LogP contribution is -2.30. The van der Waals surface area contributed by atoms with Crippen LogP contribution < -0.4 is 5.32 Å². The Morgan fingerprint density at radius 2 is 1.96 bits per heavy atom. The minimum Gasteiger partial charge on any atom is -0.478 e. The summed E-state index contributed by atoms with van der Waals surface area (Å²) in [5, 5.41) is 23.8. The molecule has 25 heavy (non-hydrogen) atoms. The number of hydrogen-bond acceptors (Lipinski definition) is 4. The molecule has 3 atom stereocenters. The van der Waals surface area contributed by atoms with Gasteiger partial charge in [-0.1, -0.05) is 36.4 Å². The third kappa shape index (κ3) is 2.46. The number of nitrogens with one attached hydrogen (secondary N) is 1. The molecule has 0 saturated carbocycles. The number of nitro benzene ring substituents is 1. The van der Waals surface area contributed by atoms with Crippen LogP contribution in [-0.2, 0) is 0 Å². The highest BCUT2D eigenvalue weighted by Gasteiger charge is 2.39. The third-order valence-electron chi connectivity index (χ3n) is 5.09. The molecule has 0 spiro atoms. The number of anilines is 1. The van der Waals surface area contributed by atoms with Crippen LogP contribution in [0.3, 0.4) is 0 Å². The Kier molecular flexibility index (Phi) is 3.53. The molecule has 1 aliphatic carbocycles. The van der Waals surface area contributed by atoms with Gasteiger partial charge in [0.1, 0.15) is 0 Å². The Hall–Kier alpha value is -3.15. The zero-order valence-electron chi connectivity index (χ0n) is 13.3. The maximum Gasteiger partial charge on any atom is 0.337 e. The average Bonchev–Trinajstić information content (AvgIpc) is 3.10. The molecule has 0 unspecified atom stereocenters. The summed E-state index contributed by atoms with van der Waals surface area (Å²) in [6, 6.07) is 11.7. The number of nitrogens with zero attached hydrogens (tertiary/aromatic N) is 1. The smallest absolute Gasteiger partial charge is 0.337 e. The molecule has 4 rings (SSSR count). The van der Waals surface area contributed by atoms with Crippen LogP contribution in [0.25, 0.3) is 0 Å². The number of carbonyl (C=O) groups is 1. The normalized spacial score (nSPS) is 23.4. The fourth-order valence-corrected chi connectivity index (χ4v) is 3.93. The molecular weight excluding hydrogens is 320 g/mol. The summed E-state index contributed by atoms with van der Waals surface area (Å²) in [4.78, 5) is 22.0. The Labute approximate surface area is 144 Å². The van der Waals surface area contributed by atoms with Gasteiger partial charge in [-0.3, -0.25) is 10.1 Å². The summed E-state index contributed by atoms with van der Waals surface area (Å²) in [5.41, 5.74) is 2.87. The van der Waals surface area contributed by atoms with Crippen molar-refractivity contribution in [3.05, 3.63) is 81.4 Å². The number of hydrogen-bond donors (Lipinski definition) is 2. The number of fused-ring (bicyclic) bond motifs is 3. The van der Waals surface area contributed by atoms with E-state index in [1.54, 1.807) is 24.3 Å². The first-order valence-corrected chi connectivity index (χ1v) is 8.10. The van der Waals surface area contributed by atoms with Crippen LogP contribution in [0, 0.1) is 16.0 Å². The van der Waals surface area contributed by atoms with E-state index in [1.165, 1.54) is 12.1 Å². The maximum atomic E-state index is 11.6. The quantitative estimate of drug-likeness (QED) is 0.500. The molecular formula is C19H16N2O4. The number of carboxylic acid groups (broad SMARTS) is 1. The van der Waals surface area contributed by atoms with Crippen molar-refractivity contribution in [1.29, 1.82) is 0 Å². The van der Waals surface area contributed by atoms with E-state index in [-0.39, 0.29) is 29.1 Å². The standard InChI is InChI=1S/C19H16N2O4/c22-19(23)16-6-2-5-15-13-3-1-4-14(13)17(20-18(15)16)11-7-9-12(10-8-11)21(24)25/h1-3,5-10,13-14,17,20H,4H2,(H,22,23)/t13-,14-,17+/m0/s1. The highest BCUT2D eigenvalue weighted by molar-refractivity contribution is 5.95. The molecule has 0 aromatic heterocycles. The Balaban J connectivity index is 1.78. The number of aromatic carboxylic acids is 1. The van der Waals surface area contributed by atoms with Crippen molar-refractivity contribution in [2.45, 2.75) is 18.4 Å². The van der Waals surface area contributed by atoms with Crippen molar-refractivity contribution in [3.63, 3.8) is 0 Å². The molecule has 2 aromatic carbocycles. The van der Waals surface area contributed by atoms with Crippen molar-refractivity contribution in [2.24, 2.45) is 5.92 Å². The number of carboxylic acids is 1. The van der Waals surface area contributed by atoms with Gasteiger partial charge in [-0.2, -0.15) is 0 Å². The first-order valence-electron chi connectivity index (χ1n) is 8.10. The van der Waals surface area contributed by atoms with Crippen LogP contribution in [0.15, 0.2) is 54.6 Å². The van der Waals surface area contributed by atoms with Gasteiger partial charge in [0.2, 0.25) is 0 Å². The fourth-order valence-electron chi connectivity index (χ4n) is 3.93. The molecule has 6 nitrogen and oxygen atoms in total. The SMILES string of the molecule is O=C(O)c1cccc2c1N[C@H](c1ccc([N+](=O)[O-])cc1)[C@H]1CC=C[C@H]21. The van der Waals surface area contributed by atoms with Crippen LogP contribution in [0.5, 0.6) is 0 Å². The van der Waals surface area contributed by atoms with Crippen LogP contribution in [0.2, 0.25) is 0 Å². The summed E-state index contributed by atoms with van der Waals surface area (Å²) in [6.45, 7) is 0. The largest absolute Gasteiger partial charge is 0.478 e. The van der Waals surface area contributed by atoms with E-state index in [4.69, 9.17) is 0 Å².